The highest BCUT2D eigenvalue weighted by Crippen LogP contribution is 2.21. The second-order valence-electron chi connectivity index (χ2n) is 4.54. The summed E-state index contributed by atoms with van der Waals surface area (Å²) in [5.74, 6) is -0.849. The molecule has 1 N–H and O–H groups in total. The minimum atomic E-state index is -0.849. The van der Waals surface area contributed by atoms with Crippen molar-refractivity contribution in [2.75, 3.05) is 11.9 Å². The number of carboxylic acids is 1. The van der Waals surface area contributed by atoms with Crippen LogP contribution in [0.1, 0.15) is 16.8 Å². The first-order chi connectivity index (χ1) is 9.04. The molecule has 0 fully saturated rings. The Morgan fingerprint density at radius 2 is 2.26 bits per heavy atom. The summed E-state index contributed by atoms with van der Waals surface area (Å²) < 4.78 is 0. The van der Waals surface area contributed by atoms with E-state index in [1.165, 1.54) is 22.5 Å². The van der Waals surface area contributed by atoms with Gasteiger partial charge in [0, 0.05) is 19.0 Å². The number of aliphatic carboxylic acids is 1. The molecule has 2 rings (SSSR count). The summed E-state index contributed by atoms with van der Waals surface area (Å²) in [5, 5.41) is 11.4. The molecule has 0 aliphatic carbocycles. The molecule has 0 bridgehead atoms. The third-order valence-corrected chi connectivity index (χ3v) is 3.70. The van der Waals surface area contributed by atoms with Crippen molar-refractivity contribution in [2.24, 2.45) is 0 Å². The van der Waals surface area contributed by atoms with Crippen LogP contribution in [-0.4, -0.2) is 23.1 Å². The molecule has 1 heterocycles. The van der Waals surface area contributed by atoms with Gasteiger partial charge in [0.1, 0.15) is 0 Å². The molecule has 0 aliphatic rings. The van der Waals surface area contributed by atoms with Crippen LogP contribution < -0.4 is 4.90 Å². The molecule has 5 heteroatoms. The van der Waals surface area contributed by atoms with Crippen LogP contribution in [0.15, 0.2) is 29.6 Å². The van der Waals surface area contributed by atoms with Crippen LogP contribution >= 0.6 is 11.3 Å². The van der Waals surface area contributed by atoms with Crippen LogP contribution in [0.2, 0.25) is 0 Å². The van der Waals surface area contributed by atoms with Crippen LogP contribution in [0, 0.1) is 6.92 Å². The maximum atomic E-state index is 10.6. The number of aryl methyl sites for hydroxylation is 1. The van der Waals surface area contributed by atoms with Gasteiger partial charge in [-0.15, -0.1) is 11.3 Å². The highest BCUT2D eigenvalue weighted by atomic mass is 32.1. The topological polar surface area (TPSA) is 53.4 Å². The van der Waals surface area contributed by atoms with Gasteiger partial charge in [-0.1, -0.05) is 29.8 Å². The third kappa shape index (κ3) is 3.79. The number of nitrogens with zero attached hydrogens (tertiary/aromatic N) is 2. The molecule has 0 unspecified atom stereocenters. The van der Waals surface area contributed by atoms with Gasteiger partial charge < -0.3 is 10.0 Å². The smallest absolute Gasteiger partial charge is 0.309 e. The van der Waals surface area contributed by atoms with Gasteiger partial charge in [-0.2, -0.15) is 0 Å². The van der Waals surface area contributed by atoms with Crippen LogP contribution in [0.3, 0.4) is 0 Å². The molecule has 2 aromatic rings. The molecule has 0 radical (unpaired) electrons. The van der Waals surface area contributed by atoms with E-state index >= 15 is 0 Å². The van der Waals surface area contributed by atoms with Gasteiger partial charge in [0.2, 0.25) is 0 Å². The third-order valence-electron chi connectivity index (χ3n) is 2.70. The summed E-state index contributed by atoms with van der Waals surface area (Å²) in [4.78, 5) is 17.0. The normalized spacial score (nSPS) is 10.4. The fourth-order valence-electron chi connectivity index (χ4n) is 1.86. The first-order valence-electron chi connectivity index (χ1n) is 5.97. The van der Waals surface area contributed by atoms with E-state index < -0.39 is 5.97 Å². The molecule has 19 heavy (non-hydrogen) atoms. The molecule has 0 saturated carbocycles. The molecule has 4 nitrogen and oxygen atoms in total. The summed E-state index contributed by atoms with van der Waals surface area (Å²) in [6.07, 6.45) is -0.0191. The lowest BCUT2D eigenvalue weighted by Gasteiger charge is -2.15. The Labute approximate surface area is 116 Å². The first kappa shape index (κ1) is 13.5. The second kappa shape index (κ2) is 5.84. The lowest BCUT2D eigenvalue weighted by molar-refractivity contribution is -0.136. The van der Waals surface area contributed by atoms with Gasteiger partial charge in [0.15, 0.2) is 5.13 Å². The average Bonchev–Trinajstić information content (AvgIpc) is 2.76. The number of rotatable bonds is 5. The number of carboxylic acid groups (broad SMARTS) is 1. The monoisotopic (exact) mass is 276 g/mol. The zero-order valence-electron chi connectivity index (χ0n) is 11.0. The summed E-state index contributed by atoms with van der Waals surface area (Å²) in [6, 6.07) is 8.33. The number of carbonyl (C=O) groups is 1. The first-order valence-corrected chi connectivity index (χ1v) is 6.85. The minimum Gasteiger partial charge on any atom is -0.481 e. The Hall–Kier alpha value is -1.88. The summed E-state index contributed by atoms with van der Waals surface area (Å²) >= 11 is 1.47. The molecular weight excluding hydrogens is 260 g/mol. The lowest BCUT2D eigenvalue weighted by atomic mass is 10.1. The fraction of sp³-hybridized carbons (Fsp3) is 0.286. The maximum Gasteiger partial charge on any atom is 0.309 e. The molecule has 0 aliphatic heterocycles. The van der Waals surface area contributed by atoms with Crippen molar-refractivity contribution in [3.63, 3.8) is 0 Å². The second-order valence-corrected chi connectivity index (χ2v) is 5.37. The number of anilines is 1. The van der Waals surface area contributed by atoms with Crippen molar-refractivity contribution >= 4 is 22.4 Å². The highest BCUT2D eigenvalue weighted by molar-refractivity contribution is 7.13. The van der Waals surface area contributed by atoms with Gasteiger partial charge in [0.05, 0.1) is 12.1 Å². The van der Waals surface area contributed by atoms with Crippen molar-refractivity contribution in [3.05, 3.63) is 46.5 Å². The number of hydrogen-bond acceptors (Lipinski definition) is 4. The summed E-state index contributed by atoms with van der Waals surface area (Å²) in [5.41, 5.74) is 3.07. The van der Waals surface area contributed by atoms with Crippen molar-refractivity contribution in [1.82, 2.24) is 4.98 Å². The number of aromatic nitrogens is 1. The molecular formula is C14H16N2O2S. The number of thiazole rings is 1. The van der Waals surface area contributed by atoms with Crippen molar-refractivity contribution in [2.45, 2.75) is 19.9 Å². The van der Waals surface area contributed by atoms with E-state index in [4.69, 9.17) is 5.11 Å². The molecule has 0 amide bonds. The van der Waals surface area contributed by atoms with Crippen LogP contribution in [-0.2, 0) is 17.8 Å². The Morgan fingerprint density at radius 1 is 1.47 bits per heavy atom. The number of benzene rings is 1. The predicted molar refractivity (Wildman–Crippen MR) is 76.7 cm³/mol. The Kier molecular flexibility index (Phi) is 4.16. The van der Waals surface area contributed by atoms with E-state index in [0.29, 0.717) is 5.69 Å². The van der Waals surface area contributed by atoms with Crippen molar-refractivity contribution in [1.29, 1.82) is 0 Å². The Morgan fingerprint density at radius 3 is 2.95 bits per heavy atom. The fourth-order valence-corrected chi connectivity index (χ4v) is 2.65. The van der Waals surface area contributed by atoms with E-state index in [-0.39, 0.29) is 6.42 Å². The van der Waals surface area contributed by atoms with Gasteiger partial charge in [-0.05, 0) is 12.5 Å². The van der Waals surface area contributed by atoms with Crippen LogP contribution in [0.5, 0.6) is 0 Å². The maximum absolute atomic E-state index is 10.6. The molecule has 1 aromatic heterocycles. The van der Waals surface area contributed by atoms with E-state index in [2.05, 4.69) is 30.1 Å². The van der Waals surface area contributed by atoms with E-state index in [1.807, 2.05) is 18.0 Å². The molecule has 0 spiro atoms. The quantitative estimate of drug-likeness (QED) is 0.912. The zero-order valence-corrected chi connectivity index (χ0v) is 11.8. The Bertz CT molecular complexity index is 580. The van der Waals surface area contributed by atoms with Gasteiger partial charge in [-0.25, -0.2) is 4.98 Å². The number of hydrogen-bond donors (Lipinski definition) is 1. The summed E-state index contributed by atoms with van der Waals surface area (Å²) in [7, 11) is 1.96. The lowest BCUT2D eigenvalue weighted by Crippen LogP contribution is -2.16. The van der Waals surface area contributed by atoms with E-state index in [0.717, 1.165) is 11.7 Å². The van der Waals surface area contributed by atoms with Gasteiger partial charge in [-0.3, -0.25) is 4.79 Å². The SMILES string of the molecule is Cc1cccc(CN(C)c2nc(CC(=O)O)cs2)c1. The largest absolute Gasteiger partial charge is 0.481 e. The van der Waals surface area contributed by atoms with Crippen molar-refractivity contribution in [3.8, 4) is 0 Å². The predicted octanol–water partition coefficient (Wildman–Crippen LogP) is 2.72. The van der Waals surface area contributed by atoms with Crippen LogP contribution in [0.4, 0.5) is 5.13 Å². The highest BCUT2D eigenvalue weighted by Gasteiger charge is 2.10. The standard InChI is InChI=1S/C14H16N2O2S/c1-10-4-3-5-11(6-10)8-16(2)14-15-12(9-19-14)7-13(17)18/h3-6,9H,7-8H2,1-2H3,(H,17,18). The van der Waals surface area contributed by atoms with Gasteiger partial charge >= 0.3 is 5.97 Å². The van der Waals surface area contributed by atoms with Crippen LogP contribution in [0.25, 0.3) is 0 Å². The molecule has 100 valence electrons. The van der Waals surface area contributed by atoms with E-state index in [9.17, 15) is 4.79 Å². The molecule has 0 saturated heterocycles. The Balaban J connectivity index is 2.05. The van der Waals surface area contributed by atoms with Gasteiger partial charge in [0.25, 0.3) is 0 Å². The summed E-state index contributed by atoms with van der Waals surface area (Å²) in [6.45, 7) is 2.83. The van der Waals surface area contributed by atoms with Crippen molar-refractivity contribution < 1.29 is 9.90 Å². The molecule has 1 aromatic carbocycles. The zero-order chi connectivity index (χ0) is 13.8. The minimum absolute atomic E-state index is 0.0191. The average molecular weight is 276 g/mol. The van der Waals surface area contributed by atoms with E-state index in [1.54, 1.807) is 5.38 Å². The molecule has 0 atom stereocenters.